The average molecular weight is 302 g/mol. The third-order valence-electron chi connectivity index (χ3n) is 3.49. The van der Waals surface area contributed by atoms with Gasteiger partial charge in [-0.2, -0.15) is 5.10 Å². The fourth-order valence-electron chi connectivity index (χ4n) is 2.42. The number of ether oxygens (including phenoxy) is 1. The summed E-state index contributed by atoms with van der Waals surface area (Å²) in [6, 6.07) is 6.14. The van der Waals surface area contributed by atoms with E-state index in [1.807, 2.05) is 23.6 Å². The van der Waals surface area contributed by atoms with Gasteiger partial charge in [0.15, 0.2) is 4.77 Å². The first-order chi connectivity index (χ1) is 10.1. The number of benzene rings is 1. The first kappa shape index (κ1) is 13.9. The number of rotatable bonds is 4. The number of hydrogen-bond acceptors (Lipinski definition) is 3. The molecule has 0 aliphatic carbocycles. The lowest BCUT2D eigenvalue weighted by atomic mass is 10.1. The van der Waals surface area contributed by atoms with Gasteiger partial charge in [0, 0.05) is 11.1 Å². The predicted octanol–water partition coefficient (Wildman–Crippen LogP) is 3.93. The van der Waals surface area contributed by atoms with Crippen LogP contribution in [0.5, 0.6) is 5.75 Å². The van der Waals surface area contributed by atoms with E-state index in [0.717, 1.165) is 22.3 Å². The molecule has 0 saturated heterocycles. The van der Waals surface area contributed by atoms with Gasteiger partial charge < -0.3 is 9.72 Å². The number of aromatic nitrogens is 4. The van der Waals surface area contributed by atoms with E-state index in [2.05, 4.69) is 35.1 Å². The second-order valence-corrected chi connectivity index (χ2v) is 5.60. The van der Waals surface area contributed by atoms with Crippen molar-refractivity contribution in [3.63, 3.8) is 0 Å². The monoisotopic (exact) mass is 302 g/mol. The zero-order chi connectivity index (χ0) is 15.0. The standard InChI is InChI=1S/C15H18N4OS/c1-4-20-13-6-5-12(19-8-16-18-15(19)21)10-7-11(9(2)3)17-14(10)13/h5-9,17H,4H2,1-3H3,(H,18,21). The molecule has 0 aliphatic heterocycles. The van der Waals surface area contributed by atoms with Gasteiger partial charge in [-0.15, -0.1) is 0 Å². The van der Waals surface area contributed by atoms with Crippen molar-refractivity contribution in [2.24, 2.45) is 0 Å². The van der Waals surface area contributed by atoms with Gasteiger partial charge in [-0.05, 0) is 43.3 Å². The van der Waals surface area contributed by atoms with Crippen LogP contribution in [0.1, 0.15) is 32.4 Å². The van der Waals surface area contributed by atoms with Crippen molar-refractivity contribution in [2.45, 2.75) is 26.7 Å². The molecule has 0 aliphatic rings. The van der Waals surface area contributed by atoms with E-state index in [-0.39, 0.29) is 0 Å². The minimum Gasteiger partial charge on any atom is -0.492 e. The molecule has 0 radical (unpaired) electrons. The molecule has 0 unspecified atom stereocenters. The SMILES string of the molecule is CCOc1ccc(-n2cn[nH]c2=S)c2cc(C(C)C)[nH]c12. The molecule has 1 aromatic carbocycles. The number of hydrogen-bond donors (Lipinski definition) is 2. The van der Waals surface area contributed by atoms with Crippen LogP contribution in [-0.4, -0.2) is 26.4 Å². The summed E-state index contributed by atoms with van der Waals surface area (Å²) in [5.41, 5.74) is 3.17. The molecule has 3 aromatic rings. The molecule has 110 valence electrons. The van der Waals surface area contributed by atoms with Crippen molar-refractivity contribution in [3.8, 4) is 11.4 Å². The summed E-state index contributed by atoms with van der Waals surface area (Å²) in [5, 5.41) is 7.87. The molecule has 0 saturated carbocycles. The van der Waals surface area contributed by atoms with E-state index in [1.54, 1.807) is 6.33 Å². The summed E-state index contributed by atoms with van der Waals surface area (Å²) in [6.45, 7) is 6.94. The smallest absolute Gasteiger partial charge is 0.199 e. The highest BCUT2D eigenvalue weighted by molar-refractivity contribution is 7.71. The minimum absolute atomic E-state index is 0.414. The van der Waals surface area contributed by atoms with Crippen molar-refractivity contribution < 1.29 is 4.74 Å². The van der Waals surface area contributed by atoms with E-state index < -0.39 is 0 Å². The minimum atomic E-state index is 0.414. The fourth-order valence-corrected chi connectivity index (χ4v) is 2.61. The zero-order valence-electron chi connectivity index (χ0n) is 12.3. The predicted molar refractivity (Wildman–Crippen MR) is 85.9 cm³/mol. The summed E-state index contributed by atoms with van der Waals surface area (Å²) in [4.78, 5) is 3.47. The second kappa shape index (κ2) is 5.37. The number of H-pyrrole nitrogens is 2. The Bertz CT molecular complexity index is 828. The summed E-state index contributed by atoms with van der Waals surface area (Å²) >= 11 is 5.28. The largest absolute Gasteiger partial charge is 0.492 e. The highest BCUT2D eigenvalue weighted by Crippen LogP contribution is 2.33. The zero-order valence-corrected chi connectivity index (χ0v) is 13.1. The first-order valence-corrected chi connectivity index (χ1v) is 7.43. The molecular weight excluding hydrogens is 284 g/mol. The Morgan fingerprint density at radius 3 is 2.81 bits per heavy atom. The molecule has 3 rings (SSSR count). The lowest BCUT2D eigenvalue weighted by molar-refractivity contribution is 0.343. The second-order valence-electron chi connectivity index (χ2n) is 5.22. The van der Waals surface area contributed by atoms with Gasteiger partial charge in [-0.1, -0.05) is 13.8 Å². The average Bonchev–Trinajstić information content (AvgIpc) is 3.06. The van der Waals surface area contributed by atoms with E-state index in [0.29, 0.717) is 17.3 Å². The van der Waals surface area contributed by atoms with E-state index in [1.165, 1.54) is 5.69 Å². The van der Waals surface area contributed by atoms with Crippen molar-refractivity contribution in [1.82, 2.24) is 19.7 Å². The third-order valence-corrected chi connectivity index (χ3v) is 3.78. The number of nitrogens with one attached hydrogen (secondary N) is 2. The molecular formula is C15H18N4OS. The topological polar surface area (TPSA) is 58.6 Å². The number of nitrogens with zero attached hydrogens (tertiary/aromatic N) is 2. The van der Waals surface area contributed by atoms with E-state index >= 15 is 0 Å². The van der Waals surface area contributed by atoms with Crippen LogP contribution in [-0.2, 0) is 0 Å². The Kier molecular flexibility index (Phi) is 3.55. The van der Waals surface area contributed by atoms with Crippen molar-refractivity contribution in [1.29, 1.82) is 0 Å². The van der Waals surface area contributed by atoms with Crippen LogP contribution in [0.4, 0.5) is 0 Å². The highest BCUT2D eigenvalue weighted by Gasteiger charge is 2.14. The first-order valence-electron chi connectivity index (χ1n) is 7.02. The Morgan fingerprint density at radius 1 is 1.38 bits per heavy atom. The van der Waals surface area contributed by atoms with Crippen LogP contribution in [0.25, 0.3) is 16.6 Å². The molecule has 0 atom stereocenters. The molecule has 21 heavy (non-hydrogen) atoms. The van der Waals surface area contributed by atoms with Crippen molar-refractivity contribution in [3.05, 3.63) is 35.0 Å². The third kappa shape index (κ3) is 2.35. The maximum Gasteiger partial charge on any atom is 0.199 e. The normalized spacial score (nSPS) is 11.4. The van der Waals surface area contributed by atoms with Gasteiger partial charge >= 0.3 is 0 Å². The molecule has 2 aromatic heterocycles. The lowest BCUT2D eigenvalue weighted by Gasteiger charge is -2.08. The molecule has 0 fully saturated rings. The Morgan fingerprint density at radius 2 is 2.19 bits per heavy atom. The van der Waals surface area contributed by atoms with Crippen molar-refractivity contribution >= 4 is 23.1 Å². The van der Waals surface area contributed by atoms with E-state index in [9.17, 15) is 0 Å². The Labute approximate surface area is 128 Å². The van der Waals surface area contributed by atoms with Crippen LogP contribution < -0.4 is 4.74 Å². The van der Waals surface area contributed by atoms with Gasteiger partial charge in [0.25, 0.3) is 0 Å². The van der Waals surface area contributed by atoms with Crippen LogP contribution in [0, 0.1) is 4.77 Å². The molecule has 2 N–H and O–H groups in total. The maximum atomic E-state index is 5.72. The van der Waals surface area contributed by atoms with Crippen LogP contribution in [0.15, 0.2) is 24.5 Å². The summed E-state index contributed by atoms with van der Waals surface area (Å²) < 4.78 is 8.17. The summed E-state index contributed by atoms with van der Waals surface area (Å²) in [6.07, 6.45) is 1.69. The molecule has 0 bridgehead atoms. The van der Waals surface area contributed by atoms with Crippen LogP contribution in [0.3, 0.4) is 0 Å². The van der Waals surface area contributed by atoms with Crippen LogP contribution in [0.2, 0.25) is 0 Å². The van der Waals surface area contributed by atoms with Gasteiger partial charge in [-0.3, -0.25) is 9.67 Å². The molecule has 2 heterocycles. The molecule has 5 nitrogen and oxygen atoms in total. The Hall–Kier alpha value is -2.08. The fraction of sp³-hybridized carbons (Fsp3) is 0.333. The van der Waals surface area contributed by atoms with Gasteiger partial charge in [0.05, 0.1) is 17.8 Å². The molecule has 6 heteroatoms. The maximum absolute atomic E-state index is 5.72. The summed E-state index contributed by atoms with van der Waals surface area (Å²) in [5.74, 6) is 1.27. The highest BCUT2D eigenvalue weighted by atomic mass is 32.1. The van der Waals surface area contributed by atoms with Gasteiger partial charge in [-0.25, -0.2) is 0 Å². The molecule has 0 spiro atoms. The van der Waals surface area contributed by atoms with Gasteiger partial charge in [0.2, 0.25) is 0 Å². The van der Waals surface area contributed by atoms with E-state index in [4.69, 9.17) is 17.0 Å². The van der Waals surface area contributed by atoms with Crippen LogP contribution >= 0.6 is 12.2 Å². The Balaban J connectivity index is 2.29. The van der Waals surface area contributed by atoms with Crippen molar-refractivity contribution in [2.75, 3.05) is 6.61 Å². The lowest BCUT2D eigenvalue weighted by Crippen LogP contribution is -1.96. The quantitative estimate of drug-likeness (QED) is 0.718. The molecule has 0 amide bonds. The number of fused-ring (bicyclic) bond motifs is 1. The summed E-state index contributed by atoms with van der Waals surface area (Å²) in [7, 11) is 0. The van der Waals surface area contributed by atoms with Gasteiger partial charge in [0.1, 0.15) is 12.1 Å². The number of aromatic amines is 2.